The Bertz CT molecular complexity index is 2250. The van der Waals surface area contributed by atoms with Crippen molar-refractivity contribution in [3.63, 3.8) is 0 Å². The van der Waals surface area contributed by atoms with Gasteiger partial charge in [-0.3, -0.25) is 24.5 Å². The van der Waals surface area contributed by atoms with Gasteiger partial charge in [-0.15, -0.1) is 0 Å². The molecule has 2 aromatic rings. The van der Waals surface area contributed by atoms with Crippen molar-refractivity contribution in [2.24, 2.45) is 0 Å². The van der Waals surface area contributed by atoms with E-state index in [9.17, 15) is 60.2 Å². The van der Waals surface area contributed by atoms with Crippen LogP contribution in [0.25, 0.3) is 0 Å². The molecule has 4 heterocycles. The van der Waals surface area contributed by atoms with Crippen molar-refractivity contribution in [1.29, 1.82) is 0 Å². The molecule has 6 aliphatic rings. The van der Waals surface area contributed by atoms with Crippen LogP contribution in [-0.4, -0.2) is 163 Å². The smallest absolute Gasteiger partial charge is 0.316 e. The third-order valence-electron chi connectivity index (χ3n) is 13.8. The molecule has 63 heavy (non-hydrogen) atoms. The van der Waals surface area contributed by atoms with Crippen LogP contribution in [0.2, 0.25) is 0 Å². The maximum absolute atomic E-state index is 14.8. The molecule has 2 bridgehead atoms. The number of rotatable bonds is 7. The molecule has 2 aliphatic carbocycles. The molecule has 4 aliphatic heterocycles. The Kier molecular flexibility index (Phi) is 11.0. The van der Waals surface area contributed by atoms with Gasteiger partial charge in [0, 0.05) is 41.4 Å². The van der Waals surface area contributed by atoms with Crippen molar-refractivity contribution in [3.05, 3.63) is 61.2 Å². The number of hydrogen-bond acceptors (Lipinski definition) is 20. The second-order valence-electron chi connectivity index (χ2n) is 18.3. The largest absolute Gasteiger partial charge is 0.507 e. The van der Waals surface area contributed by atoms with Crippen LogP contribution in [0.15, 0.2) is 12.1 Å². The highest BCUT2D eigenvalue weighted by Crippen LogP contribution is 2.56. The Hall–Kier alpha value is -4.39. The molecular weight excluding hydrogens is 836 g/mol. The van der Waals surface area contributed by atoms with Crippen LogP contribution >= 0.6 is 0 Å². The van der Waals surface area contributed by atoms with E-state index in [0.29, 0.717) is 0 Å². The van der Waals surface area contributed by atoms with Crippen molar-refractivity contribution in [3.8, 4) is 17.2 Å². The molecule has 344 valence electrons. The van der Waals surface area contributed by atoms with Gasteiger partial charge in [0.1, 0.15) is 53.2 Å². The summed E-state index contributed by atoms with van der Waals surface area (Å²) in [7, 11) is 4.40. The lowest BCUT2D eigenvalue weighted by Gasteiger charge is -2.56. The third-order valence-corrected chi connectivity index (χ3v) is 13.8. The number of esters is 1. The van der Waals surface area contributed by atoms with Gasteiger partial charge in [-0.2, -0.15) is 0 Å². The first kappa shape index (κ1) is 45.2. The van der Waals surface area contributed by atoms with Gasteiger partial charge in [-0.25, -0.2) is 0 Å². The standard InChI is InChI=1S/C42H52N2O19/c1-14-34(60-23-13-40(3,44(55)56)36(52)15(2)59-23)20(46)11-22(58-14)61-37-29(43(6)7)33(51)39-62-35-18(42(37,5)63-39)10-19(45)26-27(35)30(48)17-9-16-24(31(49)25(17)32(26)50)21(47)12-41(4,54)28(16)38(53)57-8/h9-10,14-15,20-23,28-29,33-34,36-37,39,45-47,49,51-52,54H,11-13H2,1-8H3. The number of aliphatic hydroxyl groups excluding tert-OH is 4. The van der Waals surface area contributed by atoms with Crippen LogP contribution in [0.3, 0.4) is 0 Å². The van der Waals surface area contributed by atoms with Crippen LogP contribution in [0.5, 0.6) is 17.2 Å². The second-order valence-corrected chi connectivity index (χ2v) is 18.3. The molecule has 3 saturated heterocycles. The van der Waals surface area contributed by atoms with E-state index in [1.54, 1.807) is 32.8 Å². The van der Waals surface area contributed by atoms with E-state index >= 15 is 0 Å². The number of fused-ring (bicyclic) bond motifs is 8. The van der Waals surface area contributed by atoms with Gasteiger partial charge in [0.05, 0.1) is 66.3 Å². The van der Waals surface area contributed by atoms with E-state index < -0.39 is 159 Å². The van der Waals surface area contributed by atoms with E-state index in [2.05, 4.69) is 0 Å². The molecule has 0 spiro atoms. The average molecular weight is 889 g/mol. The van der Waals surface area contributed by atoms with Crippen LogP contribution in [0.1, 0.15) is 114 Å². The van der Waals surface area contributed by atoms with Crippen molar-refractivity contribution >= 4 is 17.5 Å². The highest BCUT2D eigenvalue weighted by Gasteiger charge is 2.62. The van der Waals surface area contributed by atoms with E-state index in [1.807, 2.05) is 0 Å². The third kappa shape index (κ3) is 6.74. The molecule has 0 saturated carbocycles. The van der Waals surface area contributed by atoms with E-state index in [1.165, 1.54) is 20.8 Å². The van der Waals surface area contributed by atoms with Gasteiger partial charge in [0.2, 0.25) is 12.1 Å². The number of likely N-dealkylation sites (N-methyl/N-ethyl adjacent to an activating group) is 1. The predicted octanol–water partition coefficient (Wildman–Crippen LogP) is 0.370. The van der Waals surface area contributed by atoms with Gasteiger partial charge >= 0.3 is 5.97 Å². The van der Waals surface area contributed by atoms with Crippen LogP contribution in [-0.2, 0) is 38.8 Å². The zero-order valence-corrected chi connectivity index (χ0v) is 35.7. The minimum atomic E-state index is -1.91. The highest BCUT2D eigenvalue weighted by molar-refractivity contribution is 6.31. The van der Waals surface area contributed by atoms with Crippen LogP contribution in [0, 0.1) is 10.1 Å². The number of hydrogen-bond donors (Lipinski definition) is 7. The zero-order chi connectivity index (χ0) is 46.2. The summed E-state index contributed by atoms with van der Waals surface area (Å²) in [5, 5.41) is 91.3. The van der Waals surface area contributed by atoms with Crippen molar-refractivity contribution in [2.45, 2.75) is 150 Å². The Balaban J connectivity index is 1.15. The maximum atomic E-state index is 14.8. The summed E-state index contributed by atoms with van der Waals surface area (Å²) < 4.78 is 42.1. The number of carbonyl (C=O) groups excluding carboxylic acids is 3. The first-order chi connectivity index (χ1) is 29.4. The molecule has 21 nitrogen and oxygen atoms in total. The van der Waals surface area contributed by atoms with Gasteiger partial charge in [-0.1, -0.05) is 0 Å². The molecule has 7 N–H and O–H groups in total. The monoisotopic (exact) mass is 888 g/mol. The Morgan fingerprint density at radius 2 is 1.60 bits per heavy atom. The normalized spacial score (nSPS) is 40.6. The molecule has 16 atom stereocenters. The molecule has 0 amide bonds. The summed E-state index contributed by atoms with van der Waals surface area (Å²) in [6.07, 6.45) is -14.8. The van der Waals surface area contributed by atoms with Crippen molar-refractivity contribution < 1.29 is 88.2 Å². The van der Waals surface area contributed by atoms with Crippen LogP contribution in [0.4, 0.5) is 0 Å². The molecule has 0 aromatic heterocycles. The van der Waals surface area contributed by atoms with Gasteiger partial charge < -0.3 is 73.8 Å². The average Bonchev–Trinajstić information content (AvgIpc) is 3.18. The Morgan fingerprint density at radius 3 is 2.22 bits per heavy atom. The summed E-state index contributed by atoms with van der Waals surface area (Å²) in [4.78, 5) is 55.2. The second kappa shape index (κ2) is 15.4. The summed E-state index contributed by atoms with van der Waals surface area (Å²) >= 11 is 0. The number of benzene rings is 2. The molecule has 16 unspecified atom stereocenters. The number of carbonyl (C=O) groups is 3. The van der Waals surface area contributed by atoms with Crippen molar-refractivity contribution in [2.75, 3.05) is 21.2 Å². The predicted molar refractivity (Wildman–Crippen MR) is 209 cm³/mol. The number of methoxy groups -OCH3 is 1. The lowest BCUT2D eigenvalue weighted by Crippen LogP contribution is -2.70. The SMILES string of the molecule is COC(=O)C1c2cc3c(c(O)c2C(O)CC1(C)O)C(=O)c1c(O)cc2c(c1C3=O)OC1OC2(C)C(OC2CC(O)C(OC3CC(C)([N+](=O)[O-])C(O)C(C)O3)C(C)O2)C(N(C)C)C1O. The zero-order valence-electron chi connectivity index (χ0n) is 35.7. The van der Waals surface area contributed by atoms with Crippen molar-refractivity contribution in [1.82, 2.24) is 4.90 Å². The number of nitrogens with zero attached hydrogens (tertiary/aromatic N) is 2. The Morgan fingerprint density at radius 1 is 0.937 bits per heavy atom. The van der Waals surface area contributed by atoms with Gasteiger partial charge in [0.15, 0.2) is 18.4 Å². The lowest BCUT2D eigenvalue weighted by molar-refractivity contribution is -0.594. The van der Waals surface area contributed by atoms with Crippen LogP contribution < -0.4 is 4.74 Å². The first-order valence-corrected chi connectivity index (χ1v) is 20.6. The van der Waals surface area contributed by atoms with E-state index in [4.69, 9.17) is 33.2 Å². The number of ether oxygens (including phenoxy) is 7. The summed E-state index contributed by atoms with van der Waals surface area (Å²) in [5.74, 6) is -6.19. The molecule has 21 heteroatoms. The molecule has 0 radical (unpaired) electrons. The molecular formula is C42H52N2O19. The number of phenolic OH excluding ortho intramolecular Hbond substituents is 2. The quantitative estimate of drug-likeness (QED) is 0.0958. The molecule has 3 fully saturated rings. The highest BCUT2D eigenvalue weighted by atomic mass is 16.8. The summed E-state index contributed by atoms with van der Waals surface area (Å²) in [6, 6.07) is 1.34. The number of nitro groups is 1. The number of ketones is 2. The minimum absolute atomic E-state index is 0.0153. The topological polar surface area (TPSA) is 304 Å². The Labute approximate surface area is 360 Å². The molecule has 2 aromatic carbocycles. The number of aromatic hydroxyl groups is 2. The van der Waals surface area contributed by atoms with E-state index in [-0.39, 0.29) is 35.3 Å². The molecule has 8 rings (SSSR count). The number of aliphatic hydroxyl groups is 5. The summed E-state index contributed by atoms with van der Waals surface area (Å²) in [5.41, 5.74) is -7.79. The maximum Gasteiger partial charge on any atom is 0.316 e. The fourth-order valence-electron chi connectivity index (χ4n) is 10.5. The summed E-state index contributed by atoms with van der Waals surface area (Å²) in [6.45, 7) is 7.20. The van der Waals surface area contributed by atoms with E-state index in [0.717, 1.165) is 19.2 Å². The fraction of sp³-hybridized carbons (Fsp3) is 0.643. The number of phenols is 2. The fourth-order valence-corrected chi connectivity index (χ4v) is 10.5. The first-order valence-electron chi connectivity index (χ1n) is 20.6. The lowest BCUT2D eigenvalue weighted by atomic mass is 9.68. The van der Waals surface area contributed by atoms with Gasteiger partial charge in [-0.05, 0) is 59.5 Å². The minimum Gasteiger partial charge on any atom is -0.507 e. The van der Waals surface area contributed by atoms with Gasteiger partial charge in [0.25, 0.3) is 5.54 Å².